The summed E-state index contributed by atoms with van der Waals surface area (Å²) in [4.78, 5) is 26.1. The Hall–Kier alpha value is -3.50. The normalized spacial score (nSPS) is 16.1. The van der Waals surface area contributed by atoms with Crippen molar-refractivity contribution in [3.63, 3.8) is 0 Å². The molecule has 2 amide bonds. The van der Waals surface area contributed by atoms with Gasteiger partial charge >= 0.3 is 0 Å². The van der Waals surface area contributed by atoms with Gasteiger partial charge in [-0.2, -0.15) is 5.26 Å². The van der Waals surface area contributed by atoms with Crippen molar-refractivity contribution < 1.29 is 23.5 Å². The van der Waals surface area contributed by atoms with Gasteiger partial charge in [-0.15, -0.1) is 0 Å². The van der Waals surface area contributed by atoms with Crippen molar-refractivity contribution in [1.29, 1.82) is 5.26 Å². The first-order valence-corrected chi connectivity index (χ1v) is 8.62. The molecule has 0 bridgehead atoms. The third kappa shape index (κ3) is 3.50. The van der Waals surface area contributed by atoms with Crippen LogP contribution in [0.3, 0.4) is 0 Å². The molecule has 0 aliphatic carbocycles. The molecule has 0 saturated carbocycles. The van der Waals surface area contributed by atoms with Crippen molar-refractivity contribution in [3.8, 4) is 17.4 Å². The predicted octanol–water partition coefficient (Wildman–Crippen LogP) is 3.06. The summed E-state index contributed by atoms with van der Waals surface area (Å²) in [6.45, 7) is 1.33. The van der Waals surface area contributed by atoms with Crippen LogP contribution >= 0.6 is 0 Å². The van der Waals surface area contributed by atoms with E-state index in [1.807, 2.05) is 6.07 Å². The van der Waals surface area contributed by atoms with E-state index in [-0.39, 0.29) is 47.6 Å². The Morgan fingerprint density at radius 2 is 1.96 bits per heavy atom. The van der Waals surface area contributed by atoms with Crippen LogP contribution in [0, 0.1) is 17.1 Å². The van der Waals surface area contributed by atoms with Crippen molar-refractivity contribution in [2.24, 2.45) is 0 Å². The number of aliphatic hydroxyl groups excluding tert-OH is 1. The molecule has 0 fully saturated rings. The number of halogens is 1. The number of hydrogen-bond acceptors (Lipinski definition) is 5. The largest absolute Gasteiger partial charge is 0.457 e. The molecule has 2 aromatic rings. The number of nitriles is 1. The number of amides is 2. The topological polar surface area (TPSA) is 94.5 Å². The Balaban J connectivity index is 2.02. The molecule has 1 aliphatic rings. The summed E-state index contributed by atoms with van der Waals surface area (Å²) in [6, 6.07) is 11.1. The summed E-state index contributed by atoms with van der Waals surface area (Å²) in [5.74, 6) is -1.10. The van der Waals surface area contributed by atoms with Gasteiger partial charge in [0.15, 0.2) is 0 Å². The van der Waals surface area contributed by atoms with E-state index in [9.17, 15) is 19.2 Å². The number of aliphatic hydroxyl groups is 1. The minimum atomic E-state index is -0.679. The third-order valence-corrected chi connectivity index (χ3v) is 4.42. The van der Waals surface area contributed by atoms with Crippen LogP contribution < -0.4 is 0 Å². The van der Waals surface area contributed by atoms with Crippen LogP contribution in [-0.4, -0.2) is 35.0 Å². The summed E-state index contributed by atoms with van der Waals surface area (Å²) in [5.41, 5.74) is 0.543. The monoisotopic (exact) mass is 380 g/mol. The first-order chi connectivity index (χ1) is 13.5. The highest BCUT2D eigenvalue weighted by molar-refractivity contribution is 6.19. The second-order valence-electron chi connectivity index (χ2n) is 6.19. The summed E-state index contributed by atoms with van der Waals surface area (Å²) < 4.78 is 19.6. The molecule has 1 aromatic carbocycles. The lowest BCUT2D eigenvalue weighted by Gasteiger charge is -2.27. The van der Waals surface area contributed by atoms with E-state index in [4.69, 9.17) is 9.52 Å². The van der Waals surface area contributed by atoms with Gasteiger partial charge in [0.2, 0.25) is 0 Å². The fraction of sp³-hybridized carbons (Fsp3) is 0.190. The number of nitrogens with zero attached hydrogens (tertiary/aromatic N) is 2. The molecule has 142 valence electrons. The lowest BCUT2D eigenvalue weighted by Crippen LogP contribution is -2.43. The van der Waals surface area contributed by atoms with Crippen molar-refractivity contribution in [3.05, 3.63) is 64.7 Å². The van der Waals surface area contributed by atoms with Gasteiger partial charge < -0.3 is 9.52 Å². The van der Waals surface area contributed by atoms with Gasteiger partial charge in [-0.25, -0.2) is 4.39 Å². The Labute approximate surface area is 160 Å². The number of rotatable bonds is 5. The van der Waals surface area contributed by atoms with Crippen LogP contribution in [0.2, 0.25) is 0 Å². The van der Waals surface area contributed by atoms with Crippen LogP contribution in [0.15, 0.2) is 57.5 Å². The van der Waals surface area contributed by atoms with Gasteiger partial charge in [-0.05, 0) is 49.3 Å². The van der Waals surface area contributed by atoms with Gasteiger partial charge in [0.25, 0.3) is 11.8 Å². The number of carbonyl (C=O) groups is 2. The van der Waals surface area contributed by atoms with Gasteiger partial charge in [-0.1, -0.05) is 12.1 Å². The molecule has 0 unspecified atom stereocenters. The molecule has 0 spiro atoms. The van der Waals surface area contributed by atoms with Crippen molar-refractivity contribution in [2.75, 3.05) is 13.2 Å². The molecule has 1 aliphatic heterocycles. The molecule has 28 heavy (non-hydrogen) atoms. The molecular formula is C21H17FN2O4. The van der Waals surface area contributed by atoms with Crippen molar-refractivity contribution in [1.82, 2.24) is 4.90 Å². The van der Waals surface area contributed by atoms with Crippen LogP contribution in [0.1, 0.15) is 19.1 Å². The van der Waals surface area contributed by atoms with Crippen LogP contribution in [-0.2, 0) is 9.59 Å². The standard InChI is InChI=1S/C21H17FN2O4/c1-13-16(20(26)24(9-4-10-25)21(27)17(13)12-23)11-14-7-8-19(28-14)15-5-2-3-6-18(15)22/h2-3,5-8,11,25H,4,9-10H2,1H3/b16-11+. The van der Waals surface area contributed by atoms with Crippen LogP contribution in [0.4, 0.5) is 4.39 Å². The fourth-order valence-corrected chi connectivity index (χ4v) is 2.94. The maximum absolute atomic E-state index is 13.9. The minimum Gasteiger partial charge on any atom is -0.457 e. The van der Waals surface area contributed by atoms with Crippen molar-refractivity contribution in [2.45, 2.75) is 13.3 Å². The molecular weight excluding hydrogens is 363 g/mol. The Morgan fingerprint density at radius 3 is 2.64 bits per heavy atom. The maximum Gasteiger partial charge on any atom is 0.271 e. The highest BCUT2D eigenvalue weighted by atomic mass is 19.1. The van der Waals surface area contributed by atoms with E-state index in [1.165, 1.54) is 19.1 Å². The zero-order valence-corrected chi connectivity index (χ0v) is 15.1. The zero-order chi connectivity index (χ0) is 20.3. The number of hydrogen-bond donors (Lipinski definition) is 1. The highest BCUT2D eigenvalue weighted by Gasteiger charge is 2.35. The molecule has 2 heterocycles. The van der Waals surface area contributed by atoms with Gasteiger partial charge in [-0.3, -0.25) is 14.5 Å². The summed E-state index contributed by atoms with van der Waals surface area (Å²) in [6.07, 6.45) is 1.64. The first kappa shape index (κ1) is 19.3. The Bertz CT molecular complexity index is 1040. The molecule has 7 heteroatoms. The van der Waals surface area contributed by atoms with Gasteiger partial charge in [0.05, 0.1) is 5.56 Å². The lowest BCUT2D eigenvalue weighted by molar-refractivity contribution is -0.140. The third-order valence-electron chi connectivity index (χ3n) is 4.42. The number of furan rings is 1. The molecule has 1 aromatic heterocycles. The summed E-state index contributed by atoms with van der Waals surface area (Å²) in [5, 5.41) is 18.3. The quantitative estimate of drug-likeness (QED) is 0.635. The van der Waals surface area contributed by atoms with Crippen molar-refractivity contribution >= 4 is 17.9 Å². The second kappa shape index (κ2) is 8.03. The summed E-state index contributed by atoms with van der Waals surface area (Å²) >= 11 is 0. The van der Waals surface area contributed by atoms with E-state index >= 15 is 0 Å². The van der Waals surface area contributed by atoms with E-state index in [2.05, 4.69) is 0 Å². The second-order valence-corrected chi connectivity index (χ2v) is 6.19. The molecule has 0 radical (unpaired) electrons. The zero-order valence-electron chi connectivity index (χ0n) is 15.1. The minimum absolute atomic E-state index is 0.00258. The predicted molar refractivity (Wildman–Crippen MR) is 98.8 cm³/mol. The first-order valence-electron chi connectivity index (χ1n) is 8.62. The Morgan fingerprint density at radius 1 is 1.21 bits per heavy atom. The number of imide groups is 1. The average Bonchev–Trinajstić information content (AvgIpc) is 3.14. The van der Waals surface area contributed by atoms with E-state index < -0.39 is 17.6 Å². The fourth-order valence-electron chi connectivity index (χ4n) is 2.94. The van der Waals surface area contributed by atoms with E-state index in [0.29, 0.717) is 5.76 Å². The molecule has 0 atom stereocenters. The molecule has 1 N–H and O–H groups in total. The van der Waals surface area contributed by atoms with Gasteiger partial charge in [0, 0.05) is 18.7 Å². The van der Waals surface area contributed by atoms with E-state index in [1.54, 1.807) is 30.3 Å². The molecule has 0 saturated heterocycles. The smallest absolute Gasteiger partial charge is 0.271 e. The highest BCUT2D eigenvalue weighted by Crippen LogP contribution is 2.30. The average molecular weight is 380 g/mol. The maximum atomic E-state index is 13.9. The molecule has 3 rings (SSSR count). The SMILES string of the molecule is CC1=C(C#N)C(=O)N(CCCO)C(=O)/C1=C/c1ccc(-c2ccccc2F)o1. The number of benzene rings is 1. The Kier molecular flexibility index (Phi) is 5.52. The lowest BCUT2D eigenvalue weighted by atomic mass is 9.94. The number of carbonyl (C=O) groups excluding carboxylic acids is 2. The van der Waals surface area contributed by atoms with Crippen LogP contribution in [0.25, 0.3) is 17.4 Å². The molecule has 6 nitrogen and oxygen atoms in total. The van der Waals surface area contributed by atoms with E-state index in [0.717, 1.165) is 4.90 Å². The van der Waals surface area contributed by atoms with Crippen LogP contribution in [0.5, 0.6) is 0 Å². The summed E-state index contributed by atoms with van der Waals surface area (Å²) in [7, 11) is 0. The van der Waals surface area contributed by atoms with Gasteiger partial charge in [0.1, 0.15) is 29.0 Å².